The van der Waals surface area contributed by atoms with Gasteiger partial charge in [-0.05, 0) is 12.5 Å². The summed E-state index contributed by atoms with van der Waals surface area (Å²) in [5.41, 5.74) is 2.71. The molecule has 0 bridgehead atoms. The van der Waals surface area contributed by atoms with Gasteiger partial charge in [-0.3, -0.25) is 4.90 Å². The van der Waals surface area contributed by atoms with Gasteiger partial charge >= 0.3 is 0 Å². The molecule has 1 aromatic carbocycles. The van der Waals surface area contributed by atoms with Gasteiger partial charge in [-0.1, -0.05) is 29.8 Å². The van der Waals surface area contributed by atoms with E-state index in [4.69, 9.17) is 4.74 Å². The minimum Gasteiger partial charge on any atom is -0.383 e. The number of rotatable bonds is 4. The van der Waals surface area contributed by atoms with E-state index in [-0.39, 0.29) is 0 Å². The van der Waals surface area contributed by atoms with Gasteiger partial charge in [0.15, 0.2) is 0 Å². The quantitative estimate of drug-likeness (QED) is 0.852. The largest absolute Gasteiger partial charge is 0.383 e. The van der Waals surface area contributed by atoms with Gasteiger partial charge in [0, 0.05) is 39.3 Å². The van der Waals surface area contributed by atoms with E-state index in [1.54, 1.807) is 7.11 Å². The van der Waals surface area contributed by atoms with Crippen LogP contribution in [-0.2, 0) is 11.3 Å². The summed E-state index contributed by atoms with van der Waals surface area (Å²) < 4.78 is 5.29. The van der Waals surface area contributed by atoms with Crippen molar-refractivity contribution in [3.05, 3.63) is 35.4 Å². The van der Waals surface area contributed by atoms with Crippen LogP contribution in [0.2, 0.25) is 0 Å². The summed E-state index contributed by atoms with van der Waals surface area (Å²) in [5, 5.41) is 3.42. The number of aryl methyl sites for hydroxylation is 1. The van der Waals surface area contributed by atoms with Crippen LogP contribution in [0.25, 0.3) is 0 Å². The standard InChI is InChI=1S/C14H22N2O/c1-12-3-5-13(6-4-12)10-16-8-7-15-9-14(16)11-17-2/h3-6,14-15H,7-11H2,1-2H3. The second-order valence-electron chi connectivity index (χ2n) is 4.77. The summed E-state index contributed by atoms with van der Waals surface area (Å²) in [4.78, 5) is 2.50. The molecule has 1 heterocycles. The number of hydrogen-bond donors (Lipinski definition) is 1. The van der Waals surface area contributed by atoms with Crippen LogP contribution in [0.4, 0.5) is 0 Å². The van der Waals surface area contributed by atoms with Crippen molar-refractivity contribution in [1.29, 1.82) is 0 Å². The first-order chi connectivity index (χ1) is 8.29. The number of ether oxygens (including phenoxy) is 1. The highest BCUT2D eigenvalue weighted by Crippen LogP contribution is 2.11. The molecule has 1 saturated heterocycles. The van der Waals surface area contributed by atoms with Gasteiger partial charge in [0.05, 0.1) is 6.61 Å². The molecule has 1 aliphatic heterocycles. The normalized spacial score (nSPS) is 21.6. The van der Waals surface area contributed by atoms with Crippen molar-refractivity contribution < 1.29 is 4.74 Å². The number of nitrogens with zero attached hydrogens (tertiary/aromatic N) is 1. The predicted octanol–water partition coefficient (Wildman–Crippen LogP) is 1.42. The first-order valence-corrected chi connectivity index (χ1v) is 6.29. The van der Waals surface area contributed by atoms with Crippen LogP contribution >= 0.6 is 0 Å². The molecule has 1 fully saturated rings. The molecule has 1 unspecified atom stereocenters. The lowest BCUT2D eigenvalue weighted by Crippen LogP contribution is -2.52. The Morgan fingerprint density at radius 1 is 1.35 bits per heavy atom. The molecule has 3 heteroatoms. The average Bonchev–Trinajstić information content (AvgIpc) is 2.35. The molecule has 1 N–H and O–H groups in total. The fraction of sp³-hybridized carbons (Fsp3) is 0.571. The van der Waals surface area contributed by atoms with Crippen molar-refractivity contribution in [2.24, 2.45) is 0 Å². The summed E-state index contributed by atoms with van der Waals surface area (Å²) >= 11 is 0. The number of benzene rings is 1. The van der Waals surface area contributed by atoms with Gasteiger partial charge in [-0.15, -0.1) is 0 Å². The van der Waals surface area contributed by atoms with Gasteiger partial charge in [0.25, 0.3) is 0 Å². The van der Waals surface area contributed by atoms with Crippen LogP contribution in [0.3, 0.4) is 0 Å². The lowest BCUT2D eigenvalue weighted by molar-refractivity contribution is 0.0687. The van der Waals surface area contributed by atoms with Crippen LogP contribution in [0.15, 0.2) is 24.3 Å². The number of hydrogen-bond acceptors (Lipinski definition) is 3. The van der Waals surface area contributed by atoms with Crippen LogP contribution in [0, 0.1) is 6.92 Å². The molecule has 17 heavy (non-hydrogen) atoms. The van der Waals surface area contributed by atoms with Gasteiger partial charge in [-0.2, -0.15) is 0 Å². The number of piperazine rings is 1. The molecule has 0 aliphatic carbocycles. The molecule has 2 rings (SSSR count). The molecule has 94 valence electrons. The topological polar surface area (TPSA) is 24.5 Å². The van der Waals surface area contributed by atoms with E-state index in [1.807, 2.05) is 0 Å². The minimum absolute atomic E-state index is 0.495. The van der Waals surface area contributed by atoms with E-state index in [0.717, 1.165) is 32.8 Å². The van der Waals surface area contributed by atoms with Gasteiger partial charge in [-0.25, -0.2) is 0 Å². The molecular formula is C14H22N2O. The van der Waals surface area contributed by atoms with E-state index in [2.05, 4.69) is 41.4 Å². The summed E-state index contributed by atoms with van der Waals surface area (Å²) in [7, 11) is 1.78. The SMILES string of the molecule is COCC1CNCCN1Cc1ccc(C)cc1. The second kappa shape index (κ2) is 6.15. The van der Waals surface area contributed by atoms with E-state index in [0.29, 0.717) is 6.04 Å². The molecule has 0 saturated carbocycles. The van der Waals surface area contributed by atoms with Crippen LogP contribution in [0.1, 0.15) is 11.1 Å². The van der Waals surface area contributed by atoms with Crippen molar-refractivity contribution in [2.75, 3.05) is 33.4 Å². The lowest BCUT2D eigenvalue weighted by atomic mass is 10.1. The number of nitrogens with one attached hydrogen (secondary N) is 1. The van der Waals surface area contributed by atoms with Crippen molar-refractivity contribution in [1.82, 2.24) is 10.2 Å². The Labute approximate surface area is 104 Å². The molecule has 0 amide bonds. The first kappa shape index (κ1) is 12.6. The van der Waals surface area contributed by atoms with Crippen molar-refractivity contribution >= 4 is 0 Å². The van der Waals surface area contributed by atoms with Gasteiger partial charge in [0.1, 0.15) is 0 Å². The van der Waals surface area contributed by atoms with Gasteiger partial charge in [0.2, 0.25) is 0 Å². The zero-order valence-electron chi connectivity index (χ0n) is 10.8. The van der Waals surface area contributed by atoms with Crippen molar-refractivity contribution in [3.8, 4) is 0 Å². The molecule has 3 nitrogen and oxygen atoms in total. The zero-order valence-corrected chi connectivity index (χ0v) is 10.8. The third-order valence-electron chi connectivity index (χ3n) is 3.34. The maximum Gasteiger partial charge on any atom is 0.0630 e. The third-order valence-corrected chi connectivity index (χ3v) is 3.34. The summed E-state index contributed by atoms with van der Waals surface area (Å²) in [6.45, 7) is 7.16. The van der Waals surface area contributed by atoms with E-state index in [9.17, 15) is 0 Å². The molecule has 1 atom stereocenters. The maximum atomic E-state index is 5.29. The highest BCUT2D eigenvalue weighted by molar-refractivity contribution is 5.21. The Morgan fingerprint density at radius 3 is 2.82 bits per heavy atom. The van der Waals surface area contributed by atoms with Gasteiger partial charge < -0.3 is 10.1 Å². The van der Waals surface area contributed by atoms with Crippen LogP contribution in [0.5, 0.6) is 0 Å². The van der Waals surface area contributed by atoms with Crippen LogP contribution in [-0.4, -0.2) is 44.3 Å². The second-order valence-corrected chi connectivity index (χ2v) is 4.77. The molecule has 0 spiro atoms. The molecule has 1 aromatic rings. The highest BCUT2D eigenvalue weighted by Gasteiger charge is 2.21. The fourth-order valence-electron chi connectivity index (χ4n) is 2.30. The predicted molar refractivity (Wildman–Crippen MR) is 70.1 cm³/mol. The Hall–Kier alpha value is -0.900. The maximum absolute atomic E-state index is 5.29. The summed E-state index contributed by atoms with van der Waals surface area (Å²) in [6, 6.07) is 9.31. The Bertz CT molecular complexity index is 335. The molecule has 1 aliphatic rings. The summed E-state index contributed by atoms with van der Waals surface area (Å²) in [5.74, 6) is 0. The van der Waals surface area contributed by atoms with Crippen LogP contribution < -0.4 is 5.32 Å². The Balaban J connectivity index is 1.97. The third kappa shape index (κ3) is 3.53. The fourth-order valence-corrected chi connectivity index (χ4v) is 2.30. The van der Waals surface area contributed by atoms with E-state index >= 15 is 0 Å². The zero-order chi connectivity index (χ0) is 12.1. The first-order valence-electron chi connectivity index (χ1n) is 6.29. The Kier molecular flexibility index (Phi) is 4.54. The smallest absolute Gasteiger partial charge is 0.0630 e. The highest BCUT2D eigenvalue weighted by atomic mass is 16.5. The Morgan fingerprint density at radius 2 is 2.12 bits per heavy atom. The molecule has 0 aromatic heterocycles. The average molecular weight is 234 g/mol. The monoisotopic (exact) mass is 234 g/mol. The minimum atomic E-state index is 0.495. The molecular weight excluding hydrogens is 212 g/mol. The number of methoxy groups -OCH3 is 1. The molecule has 0 radical (unpaired) electrons. The van der Waals surface area contributed by atoms with Crippen molar-refractivity contribution in [3.63, 3.8) is 0 Å². The lowest BCUT2D eigenvalue weighted by Gasteiger charge is -2.35. The van der Waals surface area contributed by atoms with E-state index < -0.39 is 0 Å². The van der Waals surface area contributed by atoms with E-state index in [1.165, 1.54) is 11.1 Å². The summed E-state index contributed by atoms with van der Waals surface area (Å²) in [6.07, 6.45) is 0. The van der Waals surface area contributed by atoms with Crippen molar-refractivity contribution in [2.45, 2.75) is 19.5 Å².